The highest BCUT2D eigenvalue weighted by Gasteiger charge is 2.11. The van der Waals surface area contributed by atoms with E-state index in [-0.39, 0.29) is 18.4 Å². The lowest BCUT2D eigenvalue weighted by atomic mass is 10.1. The van der Waals surface area contributed by atoms with Crippen LogP contribution in [0.4, 0.5) is 0 Å². The molecule has 0 radical (unpaired) electrons. The molecule has 1 heterocycles. The van der Waals surface area contributed by atoms with Crippen molar-refractivity contribution in [2.45, 2.75) is 18.9 Å². The lowest BCUT2D eigenvalue weighted by Gasteiger charge is -2.03. The Bertz CT molecular complexity index is 244. The third-order valence-electron chi connectivity index (χ3n) is 1.40. The molecule has 1 aromatic rings. The Labute approximate surface area is 68.5 Å². The molecule has 0 fully saturated rings. The lowest BCUT2D eigenvalue weighted by Crippen LogP contribution is -2.17. The van der Waals surface area contributed by atoms with E-state index in [4.69, 9.17) is 11.5 Å². The first-order valence-electron chi connectivity index (χ1n) is 3.47. The van der Waals surface area contributed by atoms with Crippen LogP contribution in [0.3, 0.4) is 0 Å². The smallest absolute Gasteiger partial charge is 0.217 e. The number of H-pyrrole nitrogens is 1. The Morgan fingerprint density at radius 3 is 2.92 bits per heavy atom. The molecular weight excluding hydrogens is 160 g/mol. The molecule has 5 N–H and O–H groups in total. The van der Waals surface area contributed by atoms with Crippen molar-refractivity contribution in [1.82, 2.24) is 20.6 Å². The largest absolute Gasteiger partial charge is 0.370 e. The summed E-state index contributed by atoms with van der Waals surface area (Å²) in [4.78, 5) is 10.4. The van der Waals surface area contributed by atoms with Gasteiger partial charge >= 0.3 is 0 Å². The predicted octanol–water partition coefficient (Wildman–Crippen LogP) is -1.53. The van der Waals surface area contributed by atoms with E-state index >= 15 is 0 Å². The van der Waals surface area contributed by atoms with Gasteiger partial charge < -0.3 is 11.5 Å². The van der Waals surface area contributed by atoms with Crippen LogP contribution in [0.1, 0.15) is 24.7 Å². The predicted molar refractivity (Wildman–Crippen MR) is 39.5 cm³/mol. The van der Waals surface area contributed by atoms with Gasteiger partial charge in [-0.3, -0.25) is 4.79 Å². The van der Waals surface area contributed by atoms with Crippen molar-refractivity contribution in [2.75, 3.05) is 0 Å². The second-order valence-corrected chi connectivity index (χ2v) is 2.38. The molecular formula is C5H10N6O. The zero-order chi connectivity index (χ0) is 8.97. The van der Waals surface area contributed by atoms with Crippen LogP contribution in [0.5, 0.6) is 0 Å². The maximum absolute atomic E-state index is 10.4. The summed E-state index contributed by atoms with van der Waals surface area (Å²) in [5.41, 5.74) is 10.5. The van der Waals surface area contributed by atoms with Crippen LogP contribution >= 0.6 is 0 Å². The molecule has 1 atom stereocenters. The second-order valence-electron chi connectivity index (χ2n) is 2.38. The minimum absolute atomic E-state index is 0.232. The van der Waals surface area contributed by atoms with Crippen molar-refractivity contribution in [2.24, 2.45) is 11.5 Å². The summed E-state index contributed by atoms with van der Waals surface area (Å²) >= 11 is 0. The molecule has 0 aliphatic rings. The average molecular weight is 170 g/mol. The fraction of sp³-hybridized carbons (Fsp3) is 0.600. The van der Waals surface area contributed by atoms with Gasteiger partial charge in [-0.25, -0.2) is 0 Å². The number of amides is 1. The Morgan fingerprint density at radius 2 is 2.42 bits per heavy atom. The van der Waals surface area contributed by atoms with Gasteiger partial charge in [-0.15, -0.1) is 10.2 Å². The number of nitrogens with two attached hydrogens (primary N) is 2. The van der Waals surface area contributed by atoms with E-state index in [0.717, 1.165) is 0 Å². The van der Waals surface area contributed by atoms with E-state index in [0.29, 0.717) is 12.2 Å². The molecule has 0 bridgehead atoms. The number of aromatic nitrogens is 4. The zero-order valence-electron chi connectivity index (χ0n) is 6.40. The number of primary amides is 1. The summed E-state index contributed by atoms with van der Waals surface area (Å²) in [5, 5.41) is 12.9. The van der Waals surface area contributed by atoms with Gasteiger partial charge in [-0.05, 0) is 6.42 Å². The van der Waals surface area contributed by atoms with Crippen molar-refractivity contribution in [3.8, 4) is 0 Å². The highest BCUT2D eigenvalue weighted by atomic mass is 16.1. The molecule has 0 saturated carbocycles. The van der Waals surface area contributed by atoms with Gasteiger partial charge in [0.15, 0.2) is 5.82 Å². The average Bonchev–Trinajstić information content (AvgIpc) is 2.51. The van der Waals surface area contributed by atoms with E-state index < -0.39 is 0 Å². The van der Waals surface area contributed by atoms with E-state index in [9.17, 15) is 4.79 Å². The number of hydrogen-bond acceptors (Lipinski definition) is 5. The monoisotopic (exact) mass is 170 g/mol. The minimum Gasteiger partial charge on any atom is -0.370 e. The van der Waals surface area contributed by atoms with Crippen molar-refractivity contribution < 1.29 is 4.79 Å². The quantitative estimate of drug-likeness (QED) is 0.505. The molecule has 0 saturated heterocycles. The van der Waals surface area contributed by atoms with Crippen molar-refractivity contribution in [3.05, 3.63) is 5.82 Å². The maximum Gasteiger partial charge on any atom is 0.217 e. The van der Waals surface area contributed by atoms with Gasteiger partial charge in [-0.1, -0.05) is 5.21 Å². The summed E-state index contributed by atoms with van der Waals surface area (Å²) in [7, 11) is 0. The molecule has 1 amide bonds. The molecule has 0 spiro atoms. The molecule has 1 rings (SSSR count). The molecule has 0 aromatic carbocycles. The standard InChI is InChI=1S/C5H10N6O/c6-3(1-2-4(7)12)5-8-10-11-9-5/h3H,1-2,6H2,(H2,7,12)(H,8,9,10,11)/t3-/m0/s1. The first kappa shape index (κ1) is 8.60. The first-order valence-corrected chi connectivity index (χ1v) is 3.47. The third kappa shape index (κ3) is 2.27. The normalized spacial score (nSPS) is 12.8. The third-order valence-corrected chi connectivity index (χ3v) is 1.40. The summed E-state index contributed by atoms with van der Waals surface area (Å²) in [6.45, 7) is 0. The Morgan fingerprint density at radius 1 is 1.67 bits per heavy atom. The molecule has 0 unspecified atom stereocenters. The fourth-order valence-electron chi connectivity index (χ4n) is 0.753. The van der Waals surface area contributed by atoms with Crippen LogP contribution in [-0.2, 0) is 4.79 Å². The number of carbonyl (C=O) groups is 1. The number of rotatable bonds is 4. The number of carbonyl (C=O) groups excluding carboxylic acids is 1. The van der Waals surface area contributed by atoms with Gasteiger partial charge in [0.2, 0.25) is 5.91 Å². The van der Waals surface area contributed by atoms with Crippen LogP contribution in [0.15, 0.2) is 0 Å². The number of tetrazole rings is 1. The highest BCUT2D eigenvalue weighted by molar-refractivity contribution is 5.73. The van der Waals surface area contributed by atoms with E-state index in [1.807, 2.05) is 0 Å². The molecule has 7 heteroatoms. The van der Waals surface area contributed by atoms with Gasteiger partial charge in [0.25, 0.3) is 0 Å². The SMILES string of the molecule is NC(=O)CC[C@H](N)c1nn[nH]n1. The number of aromatic amines is 1. The first-order chi connectivity index (χ1) is 5.70. The molecule has 0 aliphatic heterocycles. The second kappa shape index (κ2) is 3.77. The summed E-state index contributed by atoms with van der Waals surface area (Å²) < 4.78 is 0. The van der Waals surface area contributed by atoms with Gasteiger partial charge in [0, 0.05) is 6.42 Å². The van der Waals surface area contributed by atoms with E-state index in [1.54, 1.807) is 0 Å². The number of nitrogens with zero attached hydrogens (tertiary/aromatic N) is 3. The number of nitrogens with one attached hydrogen (secondary N) is 1. The summed E-state index contributed by atoms with van der Waals surface area (Å²) in [5.74, 6) is 0.0187. The van der Waals surface area contributed by atoms with Crippen LogP contribution in [0, 0.1) is 0 Å². The maximum atomic E-state index is 10.4. The Hall–Kier alpha value is -1.50. The Balaban J connectivity index is 2.39. The van der Waals surface area contributed by atoms with Crippen LogP contribution in [0.2, 0.25) is 0 Å². The van der Waals surface area contributed by atoms with Crippen LogP contribution < -0.4 is 11.5 Å². The minimum atomic E-state index is -0.381. The molecule has 1 aromatic heterocycles. The van der Waals surface area contributed by atoms with E-state index in [1.165, 1.54) is 0 Å². The molecule has 66 valence electrons. The van der Waals surface area contributed by atoms with Crippen molar-refractivity contribution in [3.63, 3.8) is 0 Å². The van der Waals surface area contributed by atoms with Gasteiger partial charge in [-0.2, -0.15) is 5.21 Å². The Kier molecular flexibility index (Phi) is 2.70. The summed E-state index contributed by atoms with van der Waals surface area (Å²) in [6.07, 6.45) is 0.671. The van der Waals surface area contributed by atoms with Crippen LogP contribution in [0.25, 0.3) is 0 Å². The summed E-state index contributed by atoms with van der Waals surface area (Å²) in [6, 6.07) is -0.378. The van der Waals surface area contributed by atoms with Crippen molar-refractivity contribution >= 4 is 5.91 Å². The molecule has 7 nitrogen and oxygen atoms in total. The van der Waals surface area contributed by atoms with Gasteiger partial charge in [0.1, 0.15) is 0 Å². The van der Waals surface area contributed by atoms with Gasteiger partial charge in [0.05, 0.1) is 6.04 Å². The number of hydrogen-bond donors (Lipinski definition) is 3. The zero-order valence-corrected chi connectivity index (χ0v) is 6.40. The van der Waals surface area contributed by atoms with E-state index in [2.05, 4.69) is 20.6 Å². The fourth-order valence-corrected chi connectivity index (χ4v) is 0.753. The molecule has 0 aliphatic carbocycles. The van der Waals surface area contributed by atoms with Crippen molar-refractivity contribution in [1.29, 1.82) is 0 Å². The molecule has 12 heavy (non-hydrogen) atoms. The lowest BCUT2D eigenvalue weighted by molar-refractivity contribution is -0.118. The highest BCUT2D eigenvalue weighted by Crippen LogP contribution is 2.08. The van der Waals surface area contributed by atoms with Crippen LogP contribution in [-0.4, -0.2) is 26.5 Å². The topological polar surface area (TPSA) is 124 Å².